The molecule has 0 amide bonds. The van der Waals surface area contributed by atoms with E-state index >= 15 is 0 Å². The minimum Gasteiger partial charge on any atom is -0.330 e. The Morgan fingerprint density at radius 1 is 1.62 bits per heavy atom. The molecule has 0 aromatic carbocycles. The van der Waals surface area contributed by atoms with Crippen molar-refractivity contribution in [2.75, 3.05) is 6.54 Å². The predicted octanol–water partition coefficient (Wildman–Crippen LogP) is 1.75. The van der Waals surface area contributed by atoms with Gasteiger partial charge in [0.25, 0.3) is 0 Å². The van der Waals surface area contributed by atoms with E-state index in [0.29, 0.717) is 12.6 Å². The van der Waals surface area contributed by atoms with Gasteiger partial charge >= 0.3 is 0 Å². The first-order valence-electron chi connectivity index (χ1n) is 5.01. The lowest BCUT2D eigenvalue weighted by Crippen LogP contribution is -2.05. The third-order valence-corrected chi connectivity index (χ3v) is 2.25. The molecule has 1 aromatic rings. The van der Waals surface area contributed by atoms with Gasteiger partial charge in [-0.15, -0.1) is 0 Å². The number of hydrogen-bond acceptors (Lipinski definition) is 2. The van der Waals surface area contributed by atoms with E-state index in [2.05, 4.69) is 25.1 Å². The minimum atomic E-state index is 0.511. The molecule has 0 fully saturated rings. The molecule has 0 radical (unpaired) electrons. The molecule has 0 aliphatic heterocycles. The summed E-state index contributed by atoms with van der Waals surface area (Å²) in [5.41, 5.74) is 6.71. The predicted molar refractivity (Wildman–Crippen MR) is 54.6 cm³/mol. The molecule has 0 spiro atoms. The molecule has 0 saturated carbocycles. The summed E-state index contributed by atoms with van der Waals surface area (Å²) in [5.74, 6) is 0. The zero-order chi connectivity index (χ0) is 9.68. The normalized spacial score (nSPS) is 13.2. The van der Waals surface area contributed by atoms with Gasteiger partial charge in [-0.05, 0) is 31.9 Å². The quantitative estimate of drug-likeness (QED) is 0.752. The van der Waals surface area contributed by atoms with Crippen LogP contribution >= 0.6 is 0 Å². The standard InChI is InChI=1S/C10H19N3/c1-3-4-9(2)13-8-10(5-6-11)7-12-13/h7-9H,3-6,11H2,1-2H3. The van der Waals surface area contributed by atoms with Crippen molar-refractivity contribution in [1.29, 1.82) is 0 Å². The van der Waals surface area contributed by atoms with Crippen LogP contribution in [0.1, 0.15) is 38.3 Å². The fourth-order valence-electron chi connectivity index (χ4n) is 1.46. The second-order valence-corrected chi connectivity index (χ2v) is 3.50. The fraction of sp³-hybridized carbons (Fsp3) is 0.700. The van der Waals surface area contributed by atoms with Crippen molar-refractivity contribution in [3.63, 3.8) is 0 Å². The molecule has 13 heavy (non-hydrogen) atoms. The maximum absolute atomic E-state index is 5.47. The van der Waals surface area contributed by atoms with Crippen LogP contribution in [-0.2, 0) is 6.42 Å². The first-order valence-corrected chi connectivity index (χ1v) is 5.01. The highest BCUT2D eigenvalue weighted by molar-refractivity contribution is 5.04. The lowest BCUT2D eigenvalue weighted by Gasteiger charge is -2.09. The number of aromatic nitrogens is 2. The lowest BCUT2D eigenvalue weighted by molar-refractivity contribution is 0.454. The number of nitrogens with two attached hydrogens (primary N) is 1. The summed E-state index contributed by atoms with van der Waals surface area (Å²) in [6.07, 6.45) is 7.34. The molecule has 0 bridgehead atoms. The Balaban J connectivity index is 2.56. The largest absolute Gasteiger partial charge is 0.330 e. The average molecular weight is 181 g/mol. The van der Waals surface area contributed by atoms with Crippen LogP contribution in [0, 0.1) is 0 Å². The fourth-order valence-corrected chi connectivity index (χ4v) is 1.46. The van der Waals surface area contributed by atoms with Crippen molar-refractivity contribution >= 4 is 0 Å². The Kier molecular flexibility index (Phi) is 3.96. The van der Waals surface area contributed by atoms with E-state index in [1.165, 1.54) is 18.4 Å². The summed E-state index contributed by atoms with van der Waals surface area (Å²) < 4.78 is 2.04. The van der Waals surface area contributed by atoms with Gasteiger partial charge in [-0.1, -0.05) is 13.3 Å². The van der Waals surface area contributed by atoms with Crippen LogP contribution in [-0.4, -0.2) is 16.3 Å². The third-order valence-electron chi connectivity index (χ3n) is 2.25. The van der Waals surface area contributed by atoms with E-state index in [1.54, 1.807) is 0 Å². The molecule has 3 heteroatoms. The highest BCUT2D eigenvalue weighted by Crippen LogP contribution is 2.12. The van der Waals surface area contributed by atoms with E-state index in [-0.39, 0.29) is 0 Å². The van der Waals surface area contributed by atoms with Crippen LogP contribution in [0.4, 0.5) is 0 Å². The maximum Gasteiger partial charge on any atom is 0.0522 e. The van der Waals surface area contributed by atoms with Crippen molar-refractivity contribution in [2.45, 2.75) is 39.2 Å². The van der Waals surface area contributed by atoms with Crippen molar-refractivity contribution in [3.05, 3.63) is 18.0 Å². The highest BCUT2D eigenvalue weighted by Gasteiger charge is 2.04. The van der Waals surface area contributed by atoms with Gasteiger partial charge in [0.15, 0.2) is 0 Å². The molecule has 1 heterocycles. The van der Waals surface area contributed by atoms with Crippen molar-refractivity contribution in [2.24, 2.45) is 5.73 Å². The zero-order valence-corrected chi connectivity index (χ0v) is 8.53. The lowest BCUT2D eigenvalue weighted by atomic mass is 10.2. The van der Waals surface area contributed by atoms with Gasteiger partial charge in [-0.3, -0.25) is 4.68 Å². The number of hydrogen-bond donors (Lipinski definition) is 1. The van der Waals surface area contributed by atoms with E-state index < -0.39 is 0 Å². The maximum atomic E-state index is 5.47. The second kappa shape index (κ2) is 5.02. The van der Waals surface area contributed by atoms with Crippen molar-refractivity contribution in [1.82, 2.24) is 9.78 Å². The molecule has 1 aromatic heterocycles. The minimum absolute atomic E-state index is 0.511. The zero-order valence-electron chi connectivity index (χ0n) is 8.53. The highest BCUT2D eigenvalue weighted by atomic mass is 15.3. The van der Waals surface area contributed by atoms with E-state index in [4.69, 9.17) is 5.73 Å². The monoisotopic (exact) mass is 181 g/mol. The van der Waals surface area contributed by atoms with Gasteiger partial charge in [0.05, 0.1) is 6.20 Å². The van der Waals surface area contributed by atoms with Crippen LogP contribution in [0.25, 0.3) is 0 Å². The molecule has 1 atom stereocenters. The Labute approximate surface area is 79.9 Å². The van der Waals surface area contributed by atoms with Crippen LogP contribution < -0.4 is 5.73 Å². The van der Waals surface area contributed by atoms with Crippen LogP contribution in [0.5, 0.6) is 0 Å². The average Bonchev–Trinajstić information content (AvgIpc) is 2.54. The second-order valence-electron chi connectivity index (χ2n) is 3.50. The Bertz CT molecular complexity index is 242. The molecular weight excluding hydrogens is 162 g/mol. The van der Waals surface area contributed by atoms with E-state index in [1.807, 2.05) is 10.9 Å². The Hall–Kier alpha value is -0.830. The molecule has 0 aliphatic carbocycles. The summed E-state index contributed by atoms with van der Waals surface area (Å²) in [4.78, 5) is 0. The molecule has 2 N–H and O–H groups in total. The first-order chi connectivity index (χ1) is 6.27. The first kappa shape index (κ1) is 10.3. The van der Waals surface area contributed by atoms with E-state index in [0.717, 1.165) is 6.42 Å². The molecule has 1 rings (SSSR count). The van der Waals surface area contributed by atoms with E-state index in [9.17, 15) is 0 Å². The van der Waals surface area contributed by atoms with Crippen LogP contribution in [0.2, 0.25) is 0 Å². The molecule has 3 nitrogen and oxygen atoms in total. The van der Waals surface area contributed by atoms with Gasteiger partial charge in [-0.25, -0.2) is 0 Å². The third kappa shape index (κ3) is 2.84. The number of nitrogens with zero attached hydrogens (tertiary/aromatic N) is 2. The summed E-state index contributed by atoms with van der Waals surface area (Å²) in [6, 6.07) is 0.511. The van der Waals surface area contributed by atoms with Gasteiger partial charge in [-0.2, -0.15) is 5.10 Å². The topological polar surface area (TPSA) is 43.8 Å². The van der Waals surface area contributed by atoms with Crippen LogP contribution in [0.3, 0.4) is 0 Å². The molecule has 0 saturated heterocycles. The van der Waals surface area contributed by atoms with Crippen molar-refractivity contribution < 1.29 is 0 Å². The van der Waals surface area contributed by atoms with Gasteiger partial charge in [0, 0.05) is 12.2 Å². The van der Waals surface area contributed by atoms with Gasteiger partial charge in [0.1, 0.15) is 0 Å². The Morgan fingerprint density at radius 3 is 3.00 bits per heavy atom. The molecule has 1 unspecified atom stereocenters. The Morgan fingerprint density at radius 2 is 2.38 bits per heavy atom. The number of rotatable bonds is 5. The van der Waals surface area contributed by atoms with Gasteiger partial charge in [0.2, 0.25) is 0 Å². The summed E-state index contributed by atoms with van der Waals surface area (Å²) in [6.45, 7) is 5.09. The van der Waals surface area contributed by atoms with Gasteiger partial charge < -0.3 is 5.73 Å². The smallest absolute Gasteiger partial charge is 0.0522 e. The molecule has 74 valence electrons. The summed E-state index contributed by atoms with van der Waals surface area (Å²) in [7, 11) is 0. The van der Waals surface area contributed by atoms with Crippen molar-refractivity contribution in [3.8, 4) is 0 Å². The summed E-state index contributed by atoms with van der Waals surface area (Å²) in [5, 5.41) is 4.31. The molecule has 0 aliphatic rings. The summed E-state index contributed by atoms with van der Waals surface area (Å²) >= 11 is 0. The van der Waals surface area contributed by atoms with Crippen LogP contribution in [0.15, 0.2) is 12.4 Å². The SMILES string of the molecule is CCCC(C)n1cc(CCN)cn1. The molecular formula is C10H19N3.